The van der Waals surface area contributed by atoms with Gasteiger partial charge in [-0.1, -0.05) is 35.9 Å². The van der Waals surface area contributed by atoms with Gasteiger partial charge in [0.05, 0.1) is 0 Å². The third-order valence-electron chi connectivity index (χ3n) is 2.84. The van der Waals surface area contributed by atoms with Crippen LogP contribution in [0.25, 0.3) is 5.65 Å². The zero-order chi connectivity index (χ0) is 11.7. The molecule has 3 nitrogen and oxygen atoms in total. The van der Waals surface area contributed by atoms with Gasteiger partial charge in [-0.2, -0.15) is 0 Å². The maximum atomic E-state index is 3.99. The van der Waals surface area contributed by atoms with Gasteiger partial charge in [-0.25, -0.2) is 0 Å². The fraction of sp³-hybridized carbons (Fsp3) is 0.143. The Balaban J connectivity index is 1.94. The molecule has 3 aromatic rings. The predicted octanol–water partition coefficient (Wildman–Crippen LogP) is 2.63. The van der Waals surface area contributed by atoms with Gasteiger partial charge in [-0.3, -0.25) is 4.40 Å². The van der Waals surface area contributed by atoms with Gasteiger partial charge < -0.3 is 0 Å². The van der Waals surface area contributed by atoms with Gasteiger partial charge in [0.1, 0.15) is 6.33 Å². The first-order chi connectivity index (χ1) is 8.31. The number of hydrogen-bond acceptors (Lipinski definition) is 2. The molecule has 3 rings (SSSR count). The Morgan fingerprint density at radius 3 is 2.94 bits per heavy atom. The van der Waals surface area contributed by atoms with Crippen molar-refractivity contribution in [3.8, 4) is 0 Å². The highest BCUT2D eigenvalue weighted by atomic mass is 15.2. The lowest BCUT2D eigenvalue weighted by Gasteiger charge is -2.03. The molecule has 3 heteroatoms. The van der Waals surface area contributed by atoms with Crippen LogP contribution in [0.4, 0.5) is 0 Å². The highest BCUT2D eigenvalue weighted by Crippen LogP contribution is 2.11. The van der Waals surface area contributed by atoms with E-state index in [1.165, 1.54) is 16.7 Å². The Labute approximate surface area is 99.7 Å². The van der Waals surface area contributed by atoms with Crippen LogP contribution in [-0.2, 0) is 6.42 Å². The Bertz CT molecular complexity index is 655. The summed E-state index contributed by atoms with van der Waals surface area (Å²) in [4.78, 5) is 0. The van der Waals surface area contributed by atoms with Crippen LogP contribution >= 0.6 is 0 Å². The summed E-state index contributed by atoms with van der Waals surface area (Å²) < 4.78 is 1.95. The van der Waals surface area contributed by atoms with Crippen LogP contribution in [0, 0.1) is 6.92 Å². The van der Waals surface area contributed by atoms with E-state index in [-0.39, 0.29) is 0 Å². The second-order valence-corrected chi connectivity index (χ2v) is 4.30. The molecule has 0 spiro atoms. The summed E-state index contributed by atoms with van der Waals surface area (Å²) in [5.74, 6) is 0. The smallest absolute Gasteiger partial charge is 0.160 e. The third-order valence-corrected chi connectivity index (χ3v) is 2.84. The topological polar surface area (TPSA) is 30.2 Å². The average Bonchev–Trinajstić information content (AvgIpc) is 2.76. The van der Waals surface area contributed by atoms with Gasteiger partial charge in [-0.05, 0) is 30.5 Å². The predicted molar refractivity (Wildman–Crippen MR) is 67.0 cm³/mol. The molecule has 0 aliphatic rings. The van der Waals surface area contributed by atoms with E-state index in [1.54, 1.807) is 6.33 Å². The molecule has 0 fully saturated rings. The Morgan fingerprint density at radius 2 is 2.06 bits per heavy atom. The summed E-state index contributed by atoms with van der Waals surface area (Å²) in [7, 11) is 0. The number of aromatic nitrogens is 3. The lowest BCUT2D eigenvalue weighted by atomic mass is 10.0. The minimum absolute atomic E-state index is 0.887. The van der Waals surface area contributed by atoms with Crippen molar-refractivity contribution < 1.29 is 0 Å². The van der Waals surface area contributed by atoms with Crippen LogP contribution in [0.5, 0.6) is 0 Å². The van der Waals surface area contributed by atoms with Crippen molar-refractivity contribution in [1.29, 1.82) is 0 Å². The first-order valence-corrected chi connectivity index (χ1v) is 5.65. The van der Waals surface area contributed by atoms with E-state index in [0.29, 0.717) is 0 Å². The summed E-state index contributed by atoms with van der Waals surface area (Å²) in [5.41, 5.74) is 4.78. The summed E-state index contributed by atoms with van der Waals surface area (Å²) in [6, 6.07) is 12.7. The standard InChI is InChI=1S/C14H13N3/c1-11-3-2-4-12(7-11)8-13-5-6-14-16-15-10-17(14)9-13/h2-7,9-10H,8H2,1H3. The molecule has 1 aromatic carbocycles. The molecule has 0 radical (unpaired) electrons. The number of nitrogens with zero attached hydrogens (tertiary/aromatic N) is 3. The molecular weight excluding hydrogens is 210 g/mol. The van der Waals surface area contributed by atoms with Crippen molar-refractivity contribution in [2.45, 2.75) is 13.3 Å². The van der Waals surface area contributed by atoms with Crippen LogP contribution in [0.1, 0.15) is 16.7 Å². The molecule has 0 aliphatic heterocycles. The van der Waals surface area contributed by atoms with Gasteiger partial charge in [0, 0.05) is 6.20 Å². The average molecular weight is 223 g/mol. The lowest BCUT2D eigenvalue weighted by Crippen LogP contribution is -1.92. The third kappa shape index (κ3) is 2.04. The molecule has 0 bridgehead atoms. The van der Waals surface area contributed by atoms with Gasteiger partial charge >= 0.3 is 0 Å². The van der Waals surface area contributed by atoms with Gasteiger partial charge in [0.2, 0.25) is 0 Å². The van der Waals surface area contributed by atoms with E-state index < -0.39 is 0 Å². The van der Waals surface area contributed by atoms with Gasteiger partial charge in [0.25, 0.3) is 0 Å². The zero-order valence-corrected chi connectivity index (χ0v) is 9.67. The fourth-order valence-corrected chi connectivity index (χ4v) is 2.04. The van der Waals surface area contributed by atoms with Crippen LogP contribution in [0.2, 0.25) is 0 Å². The summed E-state index contributed by atoms with van der Waals surface area (Å²) in [6.45, 7) is 2.12. The fourth-order valence-electron chi connectivity index (χ4n) is 2.04. The van der Waals surface area contributed by atoms with Crippen molar-refractivity contribution in [3.05, 3.63) is 65.6 Å². The maximum absolute atomic E-state index is 3.99. The largest absolute Gasteiger partial charge is 0.289 e. The Hall–Kier alpha value is -2.16. The SMILES string of the molecule is Cc1cccc(Cc2ccc3nncn3c2)c1. The molecule has 0 atom stereocenters. The summed E-state index contributed by atoms with van der Waals surface area (Å²) in [6.07, 6.45) is 4.75. The molecule has 0 saturated carbocycles. The zero-order valence-electron chi connectivity index (χ0n) is 9.67. The number of pyridine rings is 1. The molecule has 0 unspecified atom stereocenters. The quantitative estimate of drug-likeness (QED) is 0.668. The highest BCUT2D eigenvalue weighted by molar-refractivity contribution is 5.39. The molecule has 0 aliphatic carbocycles. The van der Waals surface area contributed by atoms with E-state index in [4.69, 9.17) is 0 Å². The Kier molecular flexibility index (Phi) is 2.37. The monoisotopic (exact) mass is 223 g/mol. The normalized spacial score (nSPS) is 10.9. The second kappa shape index (κ2) is 4.01. The summed E-state index contributed by atoms with van der Waals surface area (Å²) in [5, 5.41) is 7.87. The first-order valence-electron chi connectivity index (χ1n) is 5.65. The first kappa shape index (κ1) is 10.0. The molecule has 0 saturated heterocycles. The van der Waals surface area contributed by atoms with Gasteiger partial charge in [0.15, 0.2) is 5.65 Å². The number of benzene rings is 1. The lowest BCUT2D eigenvalue weighted by molar-refractivity contribution is 1.08. The van der Waals surface area contributed by atoms with Crippen molar-refractivity contribution in [3.63, 3.8) is 0 Å². The van der Waals surface area contributed by atoms with Crippen LogP contribution in [0.3, 0.4) is 0 Å². The van der Waals surface area contributed by atoms with E-state index >= 15 is 0 Å². The second-order valence-electron chi connectivity index (χ2n) is 4.30. The molecule has 2 aromatic heterocycles. The van der Waals surface area contributed by atoms with E-state index in [9.17, 15) is 0 Å². The maximum Gasteiger partial charge on any atom is 0.160 e. The van der Waals surface area contributed by atoms with Crippen molar-refractivity contribution in [2.24, 2.45) is 0 Å². The van der Waals surface area contributed by atoms with Crippen LogP contribution < -0.4 is 0 Å². The number of fused-ring (bicyclic) bond motifs is 1. The number of hydrogen-bond donors (Lipinski definition) is 0. The van der Waals surface area contributed by atoms with Crippen molar-refractivity contribution >= 4 is 5.65 Å². The molecule has 0 amide bonds. The number of rotatable bonds is 2. The van der Waals surface area contributed by atoms with Gasteiger partial charge in [-0.15, -0.1) is 10.2 Å². The van der Waals surface area contributed by atoms with Crippen LogP contribution in [-0.4, -0.2) is 14.6 Å². The molecular formula is C14H13N3. The van der Waals surface area contributed by atoms with E-state index in [1.807, 2.05) is 10.5 Å². The minimum Gasteiger partial charge on any atom is -0.289 e. The van der Waals surface area contributed by atoms with Crippen LogP contribution in [0.15, 0.2) is 48.9 Å². The molecule has 2 heterocycles. The Morgan fingerprint density at radius 1 is 1.12 bits per heavy atom. The molecule has 0 N–H and O–H groups in total. The van der Waals surface area contributed by atoms with E-state index in [0.717, 1.165) is 12.1 Å². The number of aryl methyl sites for hydroxylation is 1. The molecule has 84 valence electrons. The molecule has 17 heavy (non-hydrogen) atoms. The van der Waals surface area contributed by atoms with Crippen molar-refractivity contribution in [2.75, 3.05) is 0 Å². The highest BCUT2D eigenvalue weighted by Gasteiger charge is 1.99. The van der Waals surface area contributed by atoms with Crippen molar-refractivity contribution in [1.82, 2.24) is 14.6 Å². The van der Waals surface area contributed by atoms with E-state index in [2.05, 4.69) is 53.6 Å². The summed E-state index contributed by atoms with van der Waals surface area (Å²) >= 11 is 0. The minimum atomic E-state index is 0.887.